The van der Waals surface area contributed by atoms with Crippen LogP contribution in [-0.4, -0.2) is 41.8 Å². The van der Waals surface area contributed by atoms with Gasteiger partial charge in [0.2, 0.25) is 11.8 Å². The summed E-state index contributed by atoms with van der Waals surface area (Å²) in [4.78, 5) is 36.8. The van der Waals surface area contributed by atoms with Gasteiger partial charge in [0.25, 0.3) is 5.91 Å². The highest BCUT2D eigenvalue weighted by Gasteiger charge is 2.34. The van der Waals surface area contributed by atoms with E-state index in [0.29, 0.717) is 17.9 Å². The number of amides is 3. The van der Waals surface area contributed by atoms with Crippen molar-refractivity contribution in [3.63, 3.8) is 0 Å². The Bertz CT molecular complexity index is 556. The minimum atomic E-state index is -0.685. The lowest BCUT2D eigenvalue weighted by molar-refractivity contribution is -0.138. The molecule has 6 nitrogen and oxygen atoms in total. The van der Waals surface area contributed by atoms with Crippen LogP contribution in [0.3, 0.4) is 0 Å². The summed E-state index contributed by atoms with van der Waals surface area (Å²) in [6, 6.07) is 6.10. The van der Waals surface area contributed by atoms with E-state index in [9.17, 15) is 14.4 Å². The summed E-state index contributed by atoms with van der Waals surface area (Å²) in [6.45, 7) is 3.70. The molecule has 0 spiro atoms. The first-order chi connectivity index (χ1) is 9.54. The number of rotatable bonds is 3. The summed E-state index contributed by atoms with van der Waals surface area (Å²) in [5, 5.41) is 2.20. The largest absolute Gasteiger partial charge is 0.493 e. The van der Waals surface area contributed by atoms with Crippen LogP contribution in [0, 0.1) is 0 Å². The molecule has 0 aliphatic carbocycles. The maximum Gasteiger partial charge on any atom is 0.258 e. The monoisotopic (exact) mass is 276 g/mol. The van der Waals surface area contributed by atoms with Gasteiger partial charge in [0.05, 0.1) is 12.2 Å². The molecular weight excluding hydrogens is 260 g/mol. The molecule has 0 aromatic heterocycles. The van der Waals surface area contributed by atoms with E-state index < -0.39 is 17.9 Å². The van der Waals surface area contributed by atoms with Crippen molar-refractivity contribution in [1.29, 1.82) is 0 Å². The van der Waals surface area contributed by atoms with E-state index in [4.69, 9.17) is 4.74 Å². The Labute approximate surface area is 116 Å². The molecule has 1 aromatic rings. The van der Waals surface area contributed by atoms with Gasteiger partial charge in [-0.1, -0.05) is 12.1 Å². The molecule has 2 rings (SSSR count). The number of nitrogens with zero attached hydrogens (tertiary/aromatic N) is 1. The molecular formula is C14H16N2O4. The zero-order valence-corrected chi connectivity index (χ0v) is 11.4. The summed E-state index contributed by atoms with van der Waals surface area (Å²) in [6.07, 6.45) is 0. The number of carbonyl (C=O) groups excluding carboxylic acids is 3. The third-order valence-electron chi connectivity index (χ3n) is 3.10. The van der Waals surface area contributed by atoms with Crippen LogP contribution in [0.25, 0.3) is 0 Å². The number of nitrogens with one attached hydrogen (secondary N) is 1. The van der Waals surface area contributed by atoms with E-state index in [-0.39, 0.29) is 12.5 Å². The highest BCUT2D eigenvalue weighted by molar-refractivity contribution is 6.07. The van der Waals surface area contributed by atoms with Crippen LogP contribution in [0.5, 0.6) is 5.75 Å². The van der Waals surface area contributed by atoms with Gasteiger partial charge in [-0.3, -0.25) is 19.7 Å². The van der Waals surface area contributed by atoms with Gasteiger partial charge in [-0.05, 0) is 26.0 Å². The maximum atomic E-state index is 12.5. The molecule has 0 radical (unpaired) electrons. The molecule has 1 saturated heterocycles. The van der Waals surface area contributed by atoms with Crippen molar-refractivity contribution in [3.05, 3.63) is 29.8 Å². The predicted molar refractivity (Wildman–Crippen MR) is 71.3 cm³/mol. The van der Waals surface area contributed by atoms with Crippen LogP contribution in [0.4, 0.5) is 0 Å². The van der Waals surface area contributed by atoms with E-state index in [1.165, 1.54) is 4.90 Å². The number of ether oxygens (including phenoxy) is 1. The van der Waals surface area contributed by atoms with E-state index in [2.05, 4.69) is 5.32 Å². The molecule has 0 saturated carbocycles. The summed E-state index contributed by atoms with van der Waals surface area (Å²) < 4.78 is 5.40. The second-order valence-corrected chi connectivity index (χ2v) is 4.45. The zero-order valence-electron chi connectivity index (χ0n) is 11.4. The normalized spacial score (nSPS) is 18.7. The molecule has 1 aromatic carbocycles. The van der Waals surface area contributed by atoms with Gasteiger partial charge in [0, 0.05) is 0 Å². The molecule has 1 unspecified atom stereocenters. The van der Waals surface area contributed by atoms with Gasteiger partial charge >= 0.3 is 0 Å². The molecule has 1 N–H and O–H groups in total. The van der Waals surface area contributed by atoms with Gasteiger partial charge in [-0.25, -0.2) is 0 Å². The molecule has 1 aliphatic rings. The molecule has 1 fully saturated rings. The highest BCUT2D eigenvalue weighted by Crippen LogP contribution is 2.21. The maximum absolute atomic E-state index is 12.5. The van der Waals surface area contributed by atoms with Gasteiger partial charge in [0.1, 0.15) is 18.3 Å². The standard InChI is InChI=1S/C14H16N2O4/c1-3-20-11-7-5-4-6-10(11)14(19)16-8-12(17)15-13(18)9(16)2/h4-7,9H,3,8H2,1-2H3,(H,15,17,18). The minimum Gasteiger partial charge on any atom is -0.493 e. The number of imide groups is 1. The number of benzene rings is 1. The predicted octanol–water partition coefficient (Wildman–Crippen LogP) is 0.572. The molecule has 1 aliphatic heterocycles. The van der Waals surface area contributed by atoms with Crippen LogP contribution in [0.1, 0.15) is 24.2 Å². The van der Waals surface area contributed by atoms with E-state index in [1.807, 2.05) is 6.92 Å². The molecule has 0 bridgehead atoms. The Morgan fingerprint density at radius 3 is 2.80 bits per heavy atom. The first kappa shape index (κ1) is 14.0. The van der Waals surface area contributed by atoms with Crippen molar-refractivity contribution in [3.8, 4) is 5.75 Å². The zero-order chi connectivity index (χ0) is 14.7. The Balaban J connectivity index is 2.30. The smallest absolute Gasteiger partial charge is 0.258 e. The average Bonchev–Trinajstić information content (AvgIpc) is 2.43. The lowest BCUT2D eigenvalue weighted by atomic mass is 10.1. The molecule has 3 amide bonds. The lowest BCUT2D eigenvalue weighted by Gasteiger charge is -2.32. The van der Waals surface area contributed by atoms with Crippen molar-refractivity contribution in [2.24, 2.45) is 0 Å². The molecule has 1 atom stereocenters. The quantitative estimate of drug-likeness (QED) is 0.819. The van der Waals surface area contributed by atoms with E-state index in [0.717, 1.165) is 0 Å². The molecule has 106 valence electrons. The number of hydrogen-bond acceptors (Lipinski definition) is 4. The number of hydrogen-bond donors (Lipinski definition) is 1. The van der Waals surface area contributed by atoms with Gasteiger partial charge in [-0.2, -0.15) is 0 Å². The second-order valence-electron chi connectivity index (χ2n) is 4.45. The van der Waals surface area contributed by atoms with Crippen LogP contribution < -0.4 is 10.1 Å². The van der Waals surface area contributed by atoms with Crippen LogP contribution >= 0.6 is 0 Å². The number of para-hydroxylation sites is 1. The third kappa shape index (κ3) is 2.64. The van der Waals surface area contributed by atoms with E-state index >= 15 is 0 Å². The molecule has 1 heterocycles. The third-order valence-corrected chi connectivity index (χ3v) is 3.10. The van der Waals surface area contributed by atoms with Crippen LogP contribution in [0.2, 0.25) is 0 Å². The summed E-state index contributed by atoms with van der Waals surface area (Å²) in [7, 11) is 0. The van der Waals surface area contributed by atoms with Crippen molar-refractivity contribution in [2.45, 2.75) is 19.9 Å². The van der Waals surface area contributed by atoms with Gasteiger partial charge in [0.15, 0.2) is 0 Å². The average molecular weight is 276 g/mol. The fourth-order valence-electron chi connectivity index (χ4n) is 2.04. The molecule has 6 heteroatoms. The van der Waals surface area contributed by atoms with Crippen molar-refractivity contribution in [1.82, 2.24) is 10.2 Å². The van der Waals surface area contributed by atoms with Gasteiger partial charge < -0.3 is 9.64 Å². The van der Waals surface area contributed by atoms with E-state index in [1.54, 1.807) is 31.2 Å². The first-order valence-corrected chi connectivity index (χ1v) is 6.41. The van der Waals surface area contributed by atoms with Crippen LogP contribution in [-0.2, 0) is 9.59 Å². The fraction of sp³-hybridized carbons (Fsp3) is 0.357. The Morgan fingerprint density at radius 2 is 2.10 bits per heavy atom. The fourth-order valence-corrected chi connectivity index (χ4v) is 2.04. The van der Waals surface area contributed by atoms with Crippen LogP contribution in [0.15, 0.2) is 24.3 Å². The Morgan fingerprint density at radius 1 is 1.40 bits per heavy atom. The summed E-state index contributed by atoms with van der Waals surface area (Å²) >= 11 is 0. The minimum absolute atomic E-state index is 0.133. The van der Waals surface area contributed by atoms with Crippen molar-refractivity contribution in [2.75, 3.05) is 13.2 Å². The number of piperazine rings is 1. The second kappa shape index (κ2) is 5.73. The SMILES string of the molecule is CCOc1ccccc1C(=O)N1CC(=O)NC(=O)C1C. The molecule has 20 heavy (non-hydrogen) atoms. The lowest BCUT2D eigenvalue weighted by Crippen LogP contribution is -2.58. The number of carbonyl (C=O) groups is 3. The Kier molecular flexibility index (Phi) is 4.02. The first-order valence-electron chi connectivity index (χ1n) is 6.41. The van der Waals surface area contributed by atoms with Crippen molar-refractivity contribution >= 4 is 17.7 Å². The topological polar surface area (TPSA) is 75.7 Å². The highest BCUT2D eigenvalue weighted by atomic mass is 16.5. The van der Waals surface area contributed by atoms with Gasteiger partial charge in [-0.15, -0.1) is 0 Å². The summed E-state index contributed by atoms with van der Waals surface area (Å²) in [5.74, 6) is -0.880. The van der Waals surface area contributed by atoms with Crippen molar-refractivity contribution < 1.29 is 19.1 Å². The summed E-state index contributed by atoms with van der Waals surface area (Å²) in [5.41, 5.74) is 0.351. The Hall–Kier alpha value is -2.37.